The van der Waals surface area contributed by atoms with E-state index in [-0.39, 0.29) is 30.6 Å². The van der Waals surface area contributed by atoms with Crippen molar-refractivity contribution in [2.75, 3.05) is 6.61 Å². The highest BCUT2D eigenvalue weighted by molar-refractivity contribution is 5.08. The molecular weight excluding hydrogens is 200 g/mol. The van der Waals surface area contributed by atoms with Gasteiger partial charge in [0.15, 0.2) is 6.23 Å². The highest BCUT2D eigenvalue weighted by Gasteiger charge is 2.43. The van der Waals surface area contributed by atoms with E-state index in [0.717, 1.165) is 0 Å². The maximum atomic E-state index is 11.0. The normalized spacial score (nSPS) is 32.2. The first-order valence-electron chi connectivity index (χ1n) is 4.80. The fraction of sp³-hybridized carbons (Fsp3) is 0.556. The average molecular weight is 210 g/mol. The van der Waals surface area contributed by atoms with Crippen molar-refractivity contribution in [2.45, 2.75) is 24.9 Å². The zero-order valence-corrected chi connectivity index (χ0v) is 7.87. The Kier molecular flexibility index (Phi) is 1.80. The van der Waals surface area contributed by atoms with Crippen LogP contribution in [0.1, 0.15) is 12.6 Å². The molecule has 6 heteroatoms. The molecule has 3 atom stereocenters. The number of hydrogen-bond donors (Lipinski definition) is 1. The van der Waals surface area contributed by atoms with Crippen molar-refractivity contribution >= 4 is 0 Å². The number of aliphatic hydroxyl groups is 1. The van der Waals surface area contributed by atoms with Crippen molar-refractivity contribution in [3.05, 3.63) is 22.6 Å². The quantitative estimate of drug-likeness (QED) is 0.662. The summed E-state index contributed by atoms with van der Waals surface area (Å²) in [5.41, 5.74) is -0.320. The molecule has 15 heavy (non-hydrogen) atoms. The van der Waals surface area contributed by atoms with Gasteiger partial charge in [0.25, 0.3) is 5.56 Å². The molecule has 0 aromatic carbocycles. The van der Waals surface area contributed by atoms with Gasteiger partial charge in [-0.1, -0.05) is 0 Å². The van der Waals surface area contributed by atoms with Crippen LogP contribution in [0.5, 0.6) is 6.01 Å². The van der Waals surface area contributed by atoms with Crippen molar-refractivity contribution in [2.24, 2.45) is 0 Å². The van der Waals surface area contributed by atoms with Crippen molar-refractivity contribution < 1.29 is 14.6 Å². The molecule has 2 aliphatic heterocycles. The van der Waals surface area contributed by atoms with Crippen molar-refractivity contribution in [3.63, 3.8) is 0 Å². The molecule has 0 radical (unpaired) electrons. The number of fused-ring (bicyclic) bond motifs is 3. The summed E-state index contributed by atoms with van der Waals surface area (Å²) in [6.45, 7) is -0.0146. The van der Waals surface area contributed by atoms with E-state index in [0.29, 0.717) is 12.4 Å². The van der Waals surface area contributed by atoms with Crippen molar-refractivity contribution in [1.29, 1.82) is 0 Å². The molecule has 80 valence electrons. The van der Waals surface area contributed by atoms with Crippen molar-refractivity contribution in [1.82, 2.24) is 9.55 Å². The third-order valence-corrected chi connectivity index (χ3v) is 2.68. The minimum absolute atomic E-state index is 0.0146. The smallest absolute Gasteiger partial charge is 0.302 e. The molecule has 1 aromatic heterocycles. The van der Waals surface area contributed by atoms with E-state index in [2.05, 4.69) is 4.98 Å². The monoisotopic (exact) mass is 210 g/mol. The molecule has 1 unspecified atom stereocenters. The molecule has 1 fully saturated rings. The van der Waals surface area contributed by atoms with E-state index in [9.17, 15) is 4.79 Å². The lowest BCUT2D eigenvalue weighted by Gasteiger charge is -2.11. The number of hydrogen-bond acceptors (Lipinski definition) is 5. The van der Waals surface area contributed by atoms with Crippen LogP contribution in [-0.4, -0.2) is 33.5 Å². The molecule has 2 aliphatic rings. The predicted octanol–water partition coefficient (Wildman–Crippen LogP) is -0.716. The molecule has 1 saturated heterocycles. The summed E-state index contributed by atoms with van der Waals surface area (Å²) < 4.78 is 12.7. The molecule has 3 rings (SSSR count). The van der Waals surface area contributed by atoms with E-state index in [4.69, 9.17) is 14.6 Å². The largest absolute Gasteiger partial charge is 0.456 e. The van der Waals surface area contributed by atoms with Gasteiger partial charge in [-0.25, -0.2) is 0 Å². The molecule has 6 nitrogen and oxygen atoms in total. The van der Waals surface area contributed by atoms with E-state index in [1.807, 2.05) is 0 Å². The molecule has 0 amide bonds. The lowest BCUT2D eigenvalue weighted by atomic mass is 10.2. The van der Waals surface area contributed by atoms with Gasteiger partial charge in [-0.15, -0.1) is 0 Å². The molecule has 1 N–H and O–H groups in total. The summed E-state index contributed by atoms with van der Waals surface area (Å²) >= 11 is 0. The first-order chi connectivity index (χ1) is 7.28. The first-order valence-corrected chi connectivity index (χ1v) is 4.80. The van der Waals surface area contributed by atoms with Crippen LogP contribution < -0.4 is 10.3 Å². The lowest BCUT2D eigenvalue weighted by Crippen LogP contribution is -2.16. The van der Waals surface area contributed by atoms with Gasteiger partial charge < -0.3 is 14.6 Å². The molecule has 0 aliphatic carbocycles. The van der Waals surface area contributed by atoms with Crippen LogP contribution in [-0.2, 0) is 4.74 Å². The predicted molar refractivity (Wildman–Crippen MR) is 48.5 cm³/mol. The van der Waals surface area contributed by atoms with E-state index in [1.54, 1.807) is 10.8 Å². The van der Waals surface area contributed by atoms with Crippen LogP contribution in [0, 0.1) is 0 Å². The number of aromatic nitrogens is 2. The van der Waals surface area contributed by atoms with E-state index in [1.165, 1.54) is 6.07 Å². The van der Waals surface area contributed by atoms with Crippen LogP contribution in [0.4, 0.5) is 0 Å². The summed E-state index contributed by atoms with van der Waals surface area (Å²) in [4.78, 5) is 14.7. The van der Waals surface area contributed by atoms with E-state index >= 15 is 0 Å². The number of rotatable bonds is 1. The highest BCUT2D eigenvalue weighted by atomic mass is 16.6. The Bertz CT molecular complexity index is 444. The molecule has 3 heterocycles. The number of aliphatic hydroxyl groups excluding tert-OH is 1. The maximum absolute atomic E-state index is 11.0. The second kappa shape index (κ2) is 3.04. The summed E-state index contributed by atoms with van der Waals surface area (Å²) in [6, 6.07) is 1.67. The van der Waals surface area contributed by atoms with Crippen LogP contribution >= 0.6 is 0 Å². The Balaban J connectivity index is 1.96. The van der Waals surface area contributed by atoms with E-state index < -0.39 is 0 Å². The van der Waals surface area contributed by atoms with Crippen LogP contribution in [0.2, 0.25) is 0 Å². The Morgan fingerprint density at radius 3 is 3.33 bits per heavy atom. The zero-order chi connectivity index (χ0) is 10.4. The molecule has 0 bridgehead atoms. The van der Waals surface area contributed by atoms with Crippen LogP contribution in [0.15, 0.2) is 17.1 Å². The second-order valence-corrected chi connectivity index (χ2v) is 3.68. The Labute approximate surface area is 85.1 Å². The van der Waals surface area contributed by atoms with Crippen LogP contribution in [0.25, 0.3) is 0 Å². The van der Waals surface area contributed by atoms with Crippen LogP contribution in [0.3, 0.4) is 0 Å². The summed E-state index contributed by atoms with van der Waals surface area (Å²) in [7, 11) is 0. The first kappa shape index (κ1) is 8.87. The molecular formula is C9H10N2O4. The minimum atomic E-state index is -0.320. The van der Waals surface area contributed by atoms with Gasteiger partial charge in [0, 0.05) is 18.7 Å². The average Bonchev–Trinajstić information content (AvgIpc) is 2.73. The third-order valence-electron chi connectivity index (χ3n) is 2.68. The second-order valence-electron chi connectivity index (χ2n) is 3.68. The fourth-order valence-corrected chi connectivity index (χ4v) is 2.00. The molecule has 0 saturated carbocycles. The maximum Gasteiger partial charge on any atom is 0.302 e. The topological polar surface area (TPSA) is 73.6 Å². The van der Waals surface area contributed by atoms with Crippen molar-refractivity contribution in [3.8, 4) is 6.01 Å². The highest BCUT2D eigenvalue weighted by Crippen LogP contribution is 2.38. The molecule has 1 aromatic rings. The standard InChI is InChI=1S/C9H10N2O4/c12-4-5-3-6-8(14-5)11-2-1-7(13)10-9(11)15-6/h1-2,5-6,8,12H,3-4H2/t5-,6-,8?/m0/s1. The summed E-state index contributed by atoms with van der Waals surface area (Å²) in [6.07, 6.45) is 1.64. The zero-order valence-electron chi connectivity index (χ0n) is 7.87. The van der Waals surface area contributed by atoms with Gasteiger partial charge in [-0.05, 0) is 0 Å². The summed E-state index contributed by atoms with van der Waals surface area (Å²) in [5, 5.41) is 8.96. The number of nitrogens with zero attached hydrogens (tertiary/aromatic N) is 2. The van der Waals surface area contributed by atoms with Gasteiger partial charge in [0.05, 0.1) is 12.7 Å². The summed E-state index contributed by atoms with van der Waals surface area (Å²) in [5.74, 6) is 0. The third kappa shape index (κ3) is 1.25. The van der Waals surface area contributed by atoms with Gasteiger partial charge in [-0.2, -0.15) is 4.98 Å². The minimum Gasteiger partial charge on any atom is -0.456 e. The lowest BCUT2D eigenvalue weighted by molar-refractivity contribution is -0.0256. The molecule has 0 spiro atoms. The van der Waals surface area contributed by atoms with Gasteiger partial charge >= 0.3 is 6.01 Å². The number of ether oxygens (including phenoxy) is 2. The van der Waals surface area contributed by atoms with Gasteiger partial charge in [0.1, 0.15) is 6.10 Å². The Morgan fingerprint density at radius 2 is 2.53 bits per heavy atom. The van der Waals surface area contributed by atoms with Gasteiger partial charge in [0.2, 0.25) is 0 Å². The Hall–Kier alpha value is -1.40. The SMILES string of the molecule is O=c1ccn2c(n1)O[C@H]1C[C@@H](CO)OC12. The van der Waals surface area contributed by atoms with Gasteiger partial charge in [-0.3, -0.25) is 9.36 Å². The Morgan fingerprint density at radius 1 is 1.67 bits per heavy atom. The fourth-order valence-electron chi connectivity index (χ4n) is 2.00.